The minimum atomic E-state index is 0.287. The van der Waals surface area contributed by atoms with Gasteiger partial charge in [0.25, 0.3) is 0 Å². The van der Waals surface area contributed by atoms with Crippen molar-refractivity contribution < 1.29 is 9.32 Å². The molecule has 2 aromatic heterocycles. The lowest BCUT2D eigenvalue weighted by molar-refractivity contribution is -0.133. The second-order valence-electron chi connectivity index (χ2n) is 7.02. The molecule has 2 aliphatic rings. The fourth-order valence-corrected chi connectivity index (χ4v) is 4.19. The van der Waals surface area contributed by atoms with Crippen molar-refractivity contribution in [1.82, 2.24) is 24.8 Å². The normalized spacial score (nSPS) is 19.8. The van der Waals surface area contributed by atoms with Crippen LogP contribution in [0, 0.1) is 0 Å². The number of rotatable bonds is 5. The molecule has 0 unspecified atom stereocenters. The van der Waals surface area contributed by atoms with Gasteiger partial charge in [-0.1, -0.05) is 5.16 Å². The molecule has 0 saturated carbocycles. The lowest BCUT2D eigenvalue weighted by Crippen LogP contribution is -2.50. The Bertz CT molecular complexity index is 703. The average Bonchev–Trinajstić information content (AvgIpc) is 3.36. The van der Waals surface area contributed by atoms with Gasteiger partial charge in [-0.3, -0.25) is 14.6 Å². The van der Waals surface area contributed by atoms with Gasteiger partial charge in [0.15, 0.2) is 0 Å². The van der Waals surface area contributed by atoms with Crippen LogP contribution in [0.3, 0.4) is 0 Å². The van der Waals surface area contributed by atoms with E-state index >= 15 is 0 Å². The Kier molecular flexibility index (Phi) is 5.62. The van der Waals surface area contributed by atoms with Gasteiger partial charge in [-0.25, -0.2) is 0 Å². The summed E-state index contributed by atoms with van der Waals surface area (Å²) in [4.78, 5) is 23.5. The largest absolute Gasteiger partial charge is 0.342 e. The zero-order chi connectivity index (χ0) is 17.8. The molecule has 26 heavy (non-hydrogen) atoms. The summed E-state index contributed by atoms with van der Waals surface area (Å²) in [6.07, 6.45) is 3.56. The number of hydrogen-bond donors (Lipinski definition) is 0. The van der Waals surface area contributed by atoms with Crippen molar-refractivity contribution in [2.45, 2.75) is 25.8 Å². The number of thiophene rings is 1. The number of piperidine rings is 1. The Morgan fingerprint density at radius 2 is 1.85 bits per heavy atom. The van der Waals surface area contributed by atoms with Gasteiger partial charge in [-0.15, -0.1) is 0 Å². The summed E-state index contributed by atoms with van der Waals surface area (Å²) in [7, 11) is 0. The van der Waals surface area contributed by atoms with Crippen molar-refractivity contribution in [2.75, 3.05) is 45.8 Å². The second-order valence-corrected chi connectivity index (χ2v) is 7.80. The minimum absolute atomic E-state index is 0.287. The van der Waals surface area contributed by atoms with E-state index in [0.717, 1.165) is 57.7 Å². The Morgan fingerprint density at radius 3 is 2.58 bits per heavy atom. The van der Waals surface area contributed by atoms with Crippen LogP contribution < -0.4 is 0 Å². The van der Waals surface area contributed by atoms with Crippen molar-refractivity contribution >= 4 is 17.2 Å². The number of amides is 1. The highest BCUT2D eigenvalue weighted by molar-refractivity contribution is 7.08. The predicted octanol–water partition coefficient (Wildman–Crippen LogP) is 1.93. The van der Waals surface area contributed by atoms with E-state index < -0.39 is 0 Å². The van der Waals surface area contributed by atoms with Crippen LogP contribution in [-0.4, -0.2) is 76.6 Å². The molecule has 0 N–H and O–H groups in total. The summed E-state index contributed by atoms with van der Waals surface area (Å²) in [5, 5.41) is 8.09. The van der Waals surface area contributed by atoms with Crippen molar-refractivity contribution in [3.8, 4) is 11.4 Å². The third kappa shape index (κ3) is 4.31. The number of piperazine rings is 1. The van der Waals surface area contributed by atoms with Crippen molar-refractivity contribution in [3.05, 3.63) is 22.7 Å². The number of hydrogen-bond acceptors (Lipinski definition) is 7. The van der Waals surface area contributed by atoms with Crippen LogP contribution in [-0.2, 0) is 11.3 Å². The molecule has 8 heteroatoms. The zero-order valence-electron chi connectivity index (χ0n) is 15.0. The van der Waals surface area contributed by atoms with Gasteiger partial charge in [0, 0.05) is 50.2 Å². The summed E-state index contributed by atoms with van der Waals surface area (Å²) >= 11 is 1.63. The van der Waals surface area contributed by atoms with Gasteiger partial charge in [-0.2, -0.15) is 16.3 Å². The van der Waals surface area contributed by atoms with E-state index in [1.54, 1.807) is 11.3 Å². The lowest BCUT2D eigenvalue weighted by atomic mass is 10.1. The highest BCUT2D eigenvalue weighted by Gasteiger charge is 2.23. The molecule has 2 saturated heterocycles. The first-order valence-electron chi connectivity index (χ1n) is 9.35. The molecule has 140 valence electrons. The van der Waals surface area contributed by atoms with Gasteiger partial charge in [-0.05, 0) is 30.7 Å². The molecular weight excluding hydrogens is 350 g/mol. The number of aromatic nitrogens is 2. The first-order valence-corrected chi connectivity index (χ1v) is 10.3. The van der Waals surface area contributed by atoms with Crippen LogP contribution in [0.4, 0.5) is 0 Å². The number of likely N-dealkylation sites (tertiary alicyclic amines) is 1. The van der Waals surface area contributed by atoms with E-state index in [4.69, 9.17) is 4.52 Å². The Labute approximate surface area is 157 Å². The molecule has 2 fully saturated rings. The molecule has 4 heterocycles. The summed E-state index contributed by atoms with van der Waals surface area (Å²) in [6, 6.07) is 2.00. The highest BCUT2D eigenvalue weighted by Crippen LogP contribution is 2.19. The Hall–Kier alpha value is -1.77. The van der Waals surface area contributed by atoms with Gasteiger partial charge >= 0.3 is 0 Å². The maximum Gasteiger partial charge on any atom is 0.241 e. The first-order chi connectivity index (χ1) is 12.8. The van der Waals surface area contributed by atoms with Crippen LogP contribution >= 0.6 is 11.3 Å². The summed E-state index contributed by atoms with van der Waals surface area (Å²) < 4.78 is 5.39. The van der Waals surface area contributed by atoms with Crippen LogP contribution in [0.25, 0.3) is 11.4 Å². The van der Waals surface area contributed by atoms with Gasteiger partial charge in [0.2, 0.25) is 17.6 Å². The average molecular weight is 375 g/mol. The van der Waals surface area contributed by atoms with Crippen molar-refractivity contribution in [3.63, 3.8) is 0 Å². The standard InChI is InChI=1S/C18H25N5O2S/c24-17(23-5-2-1-3-6-23)13-22-9-7-21(8-10-22)12-16-19-18(20-25-16)15-4-11-26-14-15/h4,11,14H,1-3,5-10,12-13H2. The Morgan fingerprint density at radius 1 is 1.08 bits per heavy atom. The smallest absolute Gasteiger partial charge is 0.241 e. The molecule has 0 radical (unpaired) electrons. The maximum atomic E-state index is 12.4. The van der Waals surface area contributed by atoms with Crippen LogP contribution in [0.2, 0.25) is 0 Å². The summed E-state index contributed by atoms with van der Waals surface area (Å²) in [5.74, 6) is 1.60. The zero-order valence-corrected chi connectivity index (χ0v) is 15.8. The fraction of sp³-hybridized carbons (Fsp3) is 0.611. The predicted molar refractivity (Wildman–Crippen MR) is 99.8 cm³/mol. The monoisotopic (exact) mass is 375 g/mol. The van der Waals surface area contributed by atoms with E-state index in [1.807, 2.05) is 21.7 Å². The Balaban J connectivity index is 1.23. The van der Waals surface area contributed by atoms with Gasteiger partial charge < -0.3 is 9.42 Å². The summed E-state index contributed by atoms with van der Waals surface area (Å²) in [6.45, 7) is 6.75. The lowest BCUT2D eigenvalue weighted by Gasteiger charge is -2.35. The number of carbonyl (C=O) groups excluding carboxylic acids is 1. The fourth-order valence-electron chi connectivity index (χ4n) is 3.56. The highest BCUT2D eigenvalue weighted by atomic mass is 32.1. The molecule has 1 amide bonds. The third-order valence-electron chi connectivity index (χ3n) is 5.14. The molecule has 0 aliphatic carbocycles. The molecule has 7 nitrogen and oxygen atoms in total. The minimum Gasteiger partial charge on any atom is -0.342 e. The third-order valence-corrected chi connectivity index (χ3v) is 5.82. The number of nitrogens with zero attached hydrogens (tertiary/aromatic N) is 5. The summed E-state index contributed by atoms with van der Waals surface area (Å²) in [5.41, 5.74) is 1.01. The second kappa shape index (κ2) is 8.28. The van der Waals surface area contributed by atoms with Gasteiger partial charge in [0.1, 0.15) is 0 Å². The van der Waals surface area contributed by atoms with Crippen LogP contribution in [0.5, 0.6) is 0 Å². The van der Waals surface area contributed by atoms with Gasteiger partial charge in [0.05, 0.1) is 13.1 Å². The van der Waals surface area contributed by atoms with Crippen molar-refractivity contribution in [2.24, 2.45) is 0 Å². The van der Waals surface area contributed by atoms with Crippen molar-refractivity contribution in [1.29, 1.82) is 0 Å². The first kappa shape index (κ1) is 17.6. The molecule has 2 aliphatic heterocycles. The molecule has 0 atom stereocenters. The van der Waals surface area contributed by atoms with Crippen LogP contribution in [0.15, 0.2) is 21.3 Å². The topological polar surface area (TPSA) is 65.7 Å². The van der Waals surface area contributed by atoms with E-state index in [2.05, 4.69) is 19.9 Å². The maximum absolute atomic E-state index is 12.4. The van der Waals surface area contributed by atoms with Crippen LogP contribution in [0.1, 0.15) is 25.2 Å². The van der Waals surface area contributed by atoms with E-state index in [-0.39, 0.29) is 5.91 Å². The molecule has 0 bridgehead atoms. The molecule has 0 spiro atoms. The van der Waals surface area contributed by atoms with E-state index in [1.165, 1.54) is 6.42 Å². The quantitative estimate of drug-likeness (QED) is 0.796. The van der Waals surface area contributed by atoms with E-state index in [0.29, 0.717) is 24.8 Å². The molecular formula is C18H25N5O2S. The SMILES string of the molecule is O=C(CN1CCN(Cc2nc(-c3ccsc3)no2)CC1)N1CCCCC1. The van der Waals surface area contributed by atoms with E-state index in [9.17, 15) is 4.79 Å². The molecule has 2 aromatic rings. The number of carbonyl (C=O) groups is 1. The molecule has 4 rings (SSSR count). The molecule has 0 aromatic carbocycles.